The molecule has 1 heterocycles. The summed E-state index contributed by atoms with van der Waals surface area (Å²) >= 11 is 7.51. The molecular formula is C17H23ClN4OS. The van der Waals surface area contributed by atoms with Crippen LogP contribution in [0.1, 0.15) is 24.4 Å². The van der Waals surface area contributed by atoms with Gasteiger partial charge in [-0.1, -0.05) is 11.6 Å². The minimum absolute atomic E-state index is 0.000159. The number of halogens is 1. The van der Waals surface area contributed by atoms with E-state index in [2.05, 4.69) is 20.6 Å². The number of aromatic nitrogens is 1. The number of hydrogen-bond donors (Lipinski definition) is 2. The summed E-state index contributed by atoms with van der Waals surface area (Å²) in [4.78, 5) is 10.0. The molecule has 0 fully saturated rings. The first-order chi connectivity index (χ1) is 11.6. The van der Waals surface area contributed by atoms with Gasteiger partial charge in [-0.25, -0.2) is 9.98 Å². The van der Waals surface area contributed by atoms with Crippen molar-refractivity contribution in [1.82, 2.24) is 15.6 Å². The normalized spacial score (nSPS) is 12.8. The van der Waals surface area contributed by atoms with E-state index in [0.717, 1.165) is 23.9 Å². The summed E-state index contributed by atoms with van der Waals surface area (Å²) < 4.78 is 5.86. The van der Waals surface area contributed by atoms with Crippen LogP contribution in [0.2, 0.25) is 5.02 Å². The molecule has 1 aromatic heterocycles. The average Bonchev–Trinajstić information content (AvgIpc) is 2.97. The summed E-state index contributed by atoms with van der Waals surface area (Å²) in [5.41, 5.74) is 2.89. The van der Waals surface area contributed by atoms with Gasteiger partial charge in [0.25, 0.3) is 0 Å². The fourth-order valence-electron chi connectivity index (χ4n) is 2.00. The van der Waals surface area contributed by atoms with Crippen LogP contribution >= 0.6 is 22.9 Å². The molecule has 2 aromatic rings. The first-order valence-electron chi connectivity index (χ1n) is 7.92. The summed E-state index contributed by atoms with van der Waals surface area (Å²) in [5.74, 6) is 1.58. The molecule has 1 aromatic carbocycles. The van der Waals surface area contributed by atoms with E-state index in [1.807, 2.05) is 50.5 Å². The van der Waals surface area contributed by atoms with Gasteiger partial charge in [0.15, 0.2) is 5.96 Å². The van der Waals surface area contributed by atoms with Crippen LogP contribution in [0.4, 0.5) is 0 Å². The third-order valence-corrected chi connectivity index (χ3v) is 4.45. The van der Waals surface area contributed by atoms with Crippen LogP contribution in [-0.4, -0.2) is 30.1 Å². The van der Waals surface area contributed by atoms with Gasteiger partial charge in [-0.2, -0.15) is 0 Å². The van der Waals surface area contributed by atoms with E-state index < -0.39 is 0 Å². The third-order valence-electron chi connectivity index (χ3n) is 3.28. The van der Waals surface area contributed by atoms with E-state index in [-0.39, 0.29) is 6.10 Å². The standard InChI is InChI=1S/C17H23ClN4OS/c1-4-19-17(21-10-16-13(3)22-11-24-16)20-9-12(2)23-15-7-5-14(18)6-8-15/h5-8,11-12H,4,9-10H2,1-3H3,(H2,19,20,21). The van der Waals surface area contributed by atoms with Crippen molar-refractivity contribution in [3.8, 4) is 5.75 Å². The van der Waals surface area contributed by atoms with Gasteiger partial charge in [-0.05, 0) is 45.0 Å². The maximum Gasteiger partial charge on any atom is 0.191 e. The van der Waals surface area contributed by atoms with Crippen molar-refractivity contribution in [2.75, 3.05) is 13.1 Å². The van der Waals surface area contributed by atoms with Gasteiger partial charge in [0.05, 0.1) is 24.3 Å². The van der Waals surface area contributed by atoms with E-state index >= 15 is 0 Å². The summed E-state index contributed by atoms with van der Waals surface area (Å²) in [6.07, 6.45) is 0.000159. The first-order valence-corrected chi connectivity index (χ1v) is 9.17. The Morgan fingerprint density at radius 3 is 2.71 bits per heavy atom. The Kier molecular flexibility index (Phi) is 7.34. The molecule has 1 unspecified atom stereocenters. The van der Waals surface area contributed by atoms with E-state index in [4.69, 9.17) is 16.3 Å². The van der Waals surface area contributed by atoms with E-state index in [0.29, 0.717) is 18.1 Å². The molecule has 130 valence electrons. The van der Waals surface area contributed by atoms with Gasteiger partial charge >= 0.3 is 0 Å². The Morgan fingerprint density at radius 1 is 1.33 bits per heavy atom. The topological polar surface area (TPSA) is 58.5 Å². The zero-order valence-electron chi connectivity index (χ0n) is 14.2. The third kappa shape index (κ3) is 6.02. The van der Waals surface area contributed by atoms with Crippen molar-refractivity contribution in [1.29, 1.82) is 0 Å². The van der Waals surface area contributed by atoms with Crippen LogP contribution in [0.5, 0.6) is 5.75 Å². The number of rotatable bonds is 7. The fourth-order valence-corrected chi connectivity index (χ4v) is 2.82. The second-order valence-corrected chi connectivity index (χ2v) is 6.70. The highest BCUT2D eigenvalue weighted by molar-refractivity contribution is 7.09. The van der Waals surface area contributed by atoms with Crippen molar-refractivity contribution < 1.29 is 4.74 Å². The Balaban J connectivity index is 1.85. The highest BCUT2D eigenvalue weighted by atomic mass is 35.5. The van der Waals surface area contributed by atoms with Crippen molar-refractivity contribution in [2.45, 2.75) is 33.4 Å². The molecule has 2 N–H and O–H groups in total. The monoisotopic (exact) mass is 366 g/mol. The SMILES string of the molecule is CCNC(=NCc1scnc1C)NCC(C)Oc1ccc(Cl)cc1. The Hall–Kier alpha value is -1.79. The highest BCUT2D eigenvalue weighted by Gasteiger charge is 2.07. The molecule has 0 radical (unpaired) electrons. The largest absolute Gasteiger partial charge is 0.489 e. The van der Waals surface area contributed by atoms with Crippen molar-refractivity contribution in [3.05, 3.63) is 45.4 Å². The summed E-state index contributed by atoms with van der Waals surface area (Å²) in [6.45, 7) is 8.14. The molecule has 0 saturated carbocycles. The lowest BCUT2D eigenvalue weighted by Gasteiger charge is -2.17. The van der Waals surface area contributed by atoms with E-state index in [9.17, 15) is 0 Å². The van der Waals surface area contributed by atoms with Crippen LogP contribution in [0.15, 0.2) is 34.8 Å². The Bertz CT molecular complexity index is 657. The molecule has 0 amide bonds. The van der Waals surface area contributed by atoms with Crippen LogP contribution in [0.25, 0.3) is 0 Å². The lowest BCUT2D eigenvalue weighted by atomic mass is 10.3. The Labute approximate surface area is 152 Å². The summed E-state index contributed by atoms with van der Waals surface area (Å²) in [6, 6.07) is 7.37. The van der Waals surface area contributed by atoms with E-state index in [1.54, 1.807) is 11.3 Å². The minimum atomic E-state index is 0.000159. The fraction of sp³-hybridized carbons (Fsp3) is 0.412. The quantitative estimate of drug-likeness (QED) is 0.580. The number of hydrogen-bond acceptors (Lipinski definition) is 4. The number of aliphatic imine (C=N–C) groups is 1. The molecule has 0 spiro atoms. The molecule has 0 saturated heterocycles. The molecule has 0 aliphatic rings. The molecule has 1 atom stereocenters. The number of guanidine groups is 1. The van der Waals surface area contributed by atoms with Crippen molar-refractivity contribution >= 4 is 28.9 Å². The van der Waals surface area contributed by atoms with Gasteiger partial charge in [-0.3, -0.25) is 0 Å². The lowest BCUT2D eigenvalue weighted by Crippen LogP contribution is -2.41. The van der Waals surface area contributed by atoms with Crippen LogP contribution in [0.3, 0.4) is 0 Å². The number of nitrogens with zero attached hydrogens (tertiary/aromatic N) is 2. The van der Waals surface area contributed by atoms with Crippen LogP contribution in [-0.2, 0) is 6.54 Å². The average molecular weight is 367 g/mol. The smallest absolute Gasteiger partial charge is 0.191 e. The predicted molar refractivity (Wildman–Crippen MR) is 101 cm³/mol. The van der Waals surface area contributed by atoms with Crippen molar-refractivity contribution in [3.63, 3.8) is 0 Å². The molecule has 2 rings (SSSR count). The zero-order valence-corrected chi connectivity index (χ0v) is 15.7. The molecule has 24 heavy (non-hydrogen) atoms. The maximum atomic E-state index is 5.88. The van der Waals surface area contributed by atoms with Gasteiger partial charge in [0.2, 0.25) is 0 Å². The van der Waals surface area contributed by atoms with Gasteiger partial charge in [-0.15, -0.1) is 11.3 Å². The second-order valence-electron chi connectivity index (χ2n) is 5.32. The number of benzene rings is 1. The molecule has 0 aliphatic carbocycles. The molecule has 5 nitrogen and oxygen atoms in total. The number of thiazole rings is 1. The van der Waals surface area contributed by atoms with Gasteiger partial charge in [0, 0.05) is 16.4 Å². The van der Waals surface area contributed by atoms with E-state index in [1.165, 1.54) is 4.88 Å². The molecule has 7 heteroatoms. The number of aryl methyl sites for hydroxylation is 1. The predicted octanol–water partition coefficient (Wildman–Crippen LogP) is 3.63. The first kappa shape index (κ1) is 18.5. The van der Waals surface area contributed by atoms with Gasteiger partial charge in [0.1, 0.15) is 11.9 Å². The summed E-state index contributed by atoms with van der Waals surface area (Å²) in [5, 5.41) is 7.25. The Morgan fingerprint density at radius 2 is 2.08 bits per heavy atom. The number of ether oxygens (including phenoxy) is 1. The highest BCUT2D eigenvalue weighted by Crippen LogP contribution is 2.16. The minimum Gasteiger partial charge on any atom is -0.489 e. The van der Waals surface area contributed by atoms with Crippen LogP contribution in [0, 0.1) is 6.92 Å². The summed E-state index contributed by atoms with van der Waals surface area (Å²) in [7, 11) is 0. The molecular weight excluding hydrogens is 344 g/mol. The van der Waals surface area contributed by atoms with Gasteiger partial charge < -0.3 is 15.4 Å². The maximum absolute atomic E-state index is 5.88. The zero-order chi connectivity index (χ0) is 17.4. The van der Waals surface area contributed by atoms with Crippen LogP contribution < -0.4 is 15.4 Å². The molecule has 0 aliphatic heterocycles. The lowest BCUT2D eigenvalue weighted by molar-refractivity contribution is 0.224. The van der Waals surface area contributed by atoms with Crippen molar-refractivity contribution in [2.24, 2.45) is 4.99 Å². The molecule has 0 bridgehead atoms. The second kappa shape index (κ2) is 9.49. The number of nitrogens with one attached hydrogen (secondary N) is 2.